The van der Waals surface area contributed by atoms with E-state index in [0.29, 0.717) is 0 Å². The fraction of sp³-hybridized carbons (Fsp3) is 0.889. The molecule has 0 saturated heterocycles. The third-order valence-electron chi connectivity index (χ3n) is 1.55. The number of halogens is 2. The molecule has 0 N–H and O–H groups in total. The zero-order valence-electron chi connectivity index (χ0n) is 8.03. The summed E-state index contributed by atoms with van der Waals surface area (Å²) in [4.78, 5) is 11.0. The molecular weight excluding hydrogens is 162 g/mol. The second-order valence-electron chi connectivity index (χ2n) is 3.82. The van der Waals surface area contributed by atoms with Crippen molar-refractivity contribution >= 4 is 5.78 Å². The van der Waals surface area contributed by atoms with E-state index in [1.807, 2.05) is 0 Å². The first-order chi connectivity index (χ1) is 5.27. The van der Waals surface area contributed by atoms with E-state index in [9.17, 15) is 13.6 Å². The Kier molecular flexibility index (Phi) is 3.81. The van der Waals surface area contributed by atoms with Gasteiger partial charge in [-0.2, -0.15) is 8.78 Å². The van der Waals surface area contributed by atoms with Gasteiger partial charge in [0.05, 0.1) is 0 Å². The first-order valence-electron chi connectivity index (χ1n) is 4.19. The summed E-state index contributed by atoms with van der Waals surface area (Å²) in [5.74, 6) is -4.82. The summed E-state index contributed by atoms with van der Waals surface area (Å²) in [5.41, 5.74) is 0. The first kappa shape index (κ1) is 11.5. The van der Waals surface area contributed by atoms with Crippen LogP contribution in [0, 0.1) is 11.8 Å². The van der Waals surface area contributed by atoms with Crippen molar-refractivity contribution < 1.29 is 13.6 Å². The molecule has 0 unspecified atom stereocenters. The monoisotopic (exact) mass is 178 g/mol. The van der Waals surface area contributed by atoms with Gasteiger partial charge in [-0.15, -0.1) is 0 Å². The minimum atomic E-state index is -3.14. The SMILES string of the molecule is CC(C)CC(F)(F)C(=O)C(C)C. The average Bonchev–Trinajstić information content (AvgIpc) is 1.82. The summed E-state index contributed by atoms with van der Waals surface area (Å²) in [6.45, 7) is 6.36. The summed E-state index contributed by atoms with van der Waals surface area (Å²) in [6, 6.07) is 0. The third kappa shape index (κ3) is 3.28. The minimum Gasteiger partial charge on any atom is -0.293 e. The van der Waals surface area contributed by atoms with Gasteiger partial charge in [0, 0.05) is 12.3 Å². The van der Waals surface area contributed by atoms with E-state index < -0.39 is 17.6 Å². The molecular formula is C9H16F2O. The summed E-state index contributed by atoms with van der Waals surface area (Å²) < 4.78 is 25.9. The van der Waals surface area contributed by atoms with E-state index >= 15 is 0 Å². The van der Waals surface area contributed by atoms with E-state index in [1.54, 1.807) is 13.8 Å². The van der Waals surface area contributed by atoms with Gasteiger partial charge >= 0.3 is 5.92 Å². The summed E-state index contributed by atoms with van der Waals surface area (Å²) >= 11 is 0. The van der Waals surface area contributed by atoms with Crippen molar-refractivity contribution in [2.75, 3.05) is 0 Å². The molecule has 0 aliphatic heterocycles. The molecule has 12 heavy (non-hydrogen) atoms. The number of carbonyl (C=O) groups is 1. The lowest BCUT2D eigenvalue weighted by Crippen LogP contribution is -2.33. The Balaban J connectivity index is 4.29. The molecule has 1 nitrogen and oxygen atoms in total. The van der Waals surface area contributed by atoms with Crippen LogP contribution in [-0.2, 0) is 4.79 Å². The number of Topliss-reactive ketones (excluding diaryl/α,β-unsaturated/α-hetero) is 1. The quantitative estimate of drug-likeness (QED) is 0.647. The zero-order chi connectivity index (χ0) is 9.94. The summed E-state index contributed by atoms with van der Waals surface area (Å²) in [7, 11) is 0. The third-order valence-corrected chi connectivity index (χ3v) is 1.55. The molecule has 0 saturated carbocycles. The Morgan fingerprint density at radius 2 is 1.67 bits per heavy atom. The van der Waals surface area contributed by atoms with Crippen molar-refractivity contribution in [1.29, 1.82) is 0 Å². The van der Waals surface area contributed by atoms with E-state index in [4.69, 9.17) is 0 Å². The second kappa shape index (κ2) is 3.97. The van der Waals surface area contributed by atoms with Crippen molar-refractivity contribution in [3.8, 4) is 0 Å². The van der Waals surface area contributed by atoms with Gasteiger partial charge in [-0.3, -0.25) is 4.79 Å². The van der Waals surface area contributed by atoms with Crippen LogP contribution in [0.15, 0.2) is 0 Å². The van der Waals surface area contributed by atoms with Crippen LogP contribution in [0.1, 0.15) is 34.1 Å². The zero-order valence-corrected chi connectivity index (χ0v) is 8.03. The Morgan fingerprint density at radius 3 is 1.92 bits per heavy atom. The van der Waals surface area contributed by atoms with Crippen LogP contribution < -0.4 is 0 Å². The predicted octanol–water partition coefficient (Wildman–Crippen LogP) is 2.89. The van der Waals surface area contributed by atoms with Crippen molar-refractivity contribution in [3.05, 3.63) is 0 Å². The highest BCUT2D eigenvalue weighted by atomic mass is 19.3. The molecule has 0 radical (unpaired) electrons. The number of ketones is 1. The topological polar surface area (TPSA) is 17.1 Å². The number of carbonyl (C=O) groups excluding carboxylic acids is 1. The van der Waals surface area contributed by atoms with E-state index in [1.165, 1.54) is 13.8 Å². The molecule has 0 aliphatic carbocycles. The summed E-state index contributed by atoms with van der Waals surface area (Å²) in [5, 5.41) is 0. The second-order valence-corrected chi connectivity index (χ2v) is 3.82. The Bertz CT molecular complexity index is 162. The first-order valence-corrected chi connectivity index (χ1v) is 4.19. The van der Waals surface area contributed by atoms with Crippen molar-refractivity contribution in [1.82, 2.24) is 0 Å². The van der Waals surface area contributed by atoms with E-state index in [0.717, 1.165) is 0 Å². The van der Waals surface area contributed by atoms with Gasteiger partial charge in [0.25, 0.3) is 0 Å². The molecule has 0 fully saturated rings. The van der Waals surface area contributed by atoms with Crippen LogP contribution in [0.25, 0.3) is 0 Å². The van der Waals surface area contributed by atoms with Crippen LogP contribution in [0.5, 0.6) is 0 Å². The fourth-order valence-corrected chi connectivity index (χ4v) is 1.04. The number of hydrogen-bond donors (Lipinski definition) is 0. The molecule has 0 aromatic rings. The van der Waals surface area contributed by atoms with Gasteiger partial charge in [0.1, 0.15) is 0 Å². The Labute approximate surface area is 72.2 Å². The van der Waals surface area contributed by atoms with Crippen LogP contribution >= 0.6 is 0 Å². The van der Waals surface area contributed by atoms with Gasteiger partial charge in [-0.1, -0.05) is 27.7 Å². The van der Waals surface area contributed by atoms with Gasteiger partial charge < -0.3 is 0 Å². The Morgan fingerprint density at radius 1 is 1.25 bits per heavy atom. The lowest BCUT2D eigenvalue weighted by molar-refractivity contribution is -0.148. The largest absolute Gasteiger partial charge is 0.305 e. The molecule has 0 rings (SSSR count). The standard InChI is InChI=1S/C9H16F2O/c1-6(2)5-9(10,11)8(12)7(3)4/h6-7H,5H2,1-4H3. The maximum Gasteiger partial charge on any atom is 0.305 e. The molecule has 0 bridgehead atoms. The van der Waals surface area contributed by atoms with Crippen molar-refractivity contribution in [3.63, 3.8) is 0 Å². The molecule has 0 aromatic carbocycles. The highest BCUT2D eigenvalue weighted by Crippen LogP contribution is 2.27. The molecule has 0 aromatic heterocycles. The normalized spacial score (nSPS) is 12.7. The maximum absolute atomic E-state index is 13.0. The lowest BCUT2D eigenvalue weighted by atomic mass is 9.96. The fourth-order valence-electron chi connectivity index (χ4n) is 1.04. The molecule has 0 aliphatic rings. The molecule has 72 valence electrons. The number of rotatable bonds is 4. The highest BCUT2D eigenvalue weighted by Gasteiger charge is 2.39. The van der Waals surface area contributed by atoms with E-state index in [-0.39, 0.29) is 12.3 Å². The average molecular weight is 178 g/mol. The highest BCUT2D eigenvalue weighted by molar-refractivity contribution is 5.87. The molecule has 0 heterocycles. The van der Waals surface area contributed by atoms with Gasteiger partial charge in [-0.05, 0) is 5.92 Å². The number of hydrogen-bond acceptors (Lipinski definition) is 1. The number of alkyl halides is 2. The van der Waals surface area contributed by atoms with Crippen molar-refractivity contribution in [2.45, 2.75) is 40.0 Å². The lowest BCUT2D eigenvalue weighted by Gasteiger charge is -2.18. The van der Waals surface area contributed by atoms with Crippen LogP contribution in [0.4, 0.5) is 8.78 Å². The Hall–Kier alpha value is -0.470. The van der Waals surface area contributed by atoms with Crippen LogP contribution in [-0.4, -0.2) is 11.7 Å². The van der Waals surface area contributed by atoms with Gasteiger partial charge in [-0.25, -0.2) is 0 Å². The minimum absolute atomic E-state index is 0.150. The van der Waals surface area contributed by atoms with Gasteiger partial charge in [0.2, 0.25) is 5.78 Å². The van der Waals surface area contributed by atoms with E-state index in [2.05, 4.69) is 0 Å². The van der Waals surface area contributed by atoms with Gasteiger partial charge in [0.15, 0.2) is 0 Å². The molecule has 0 spiro atoms. The molecule has 0 atom stereocenters. The van der Waals surface area contributed by atoms with Crippen LogP contribution in [0.3, 0.4) is 0 Å². The molecule has 0 amide bonds. The summed E-state index contributed by atoms with van der Waals surface area (Å²) in [6.07, 6.45) is -0.343. The molecule has 3 heteroatoms. The van der Waals surface area contributed by atoms with Crippen molar-refractivity contribution in [2.24, 2.45) is 11.8 Å². The maximum atomic E-state index is 13.0. The predicted molar refractivity (Wildman–Crippen MR) is 44.2 cm³/mol. The smallest absolute Gasteiger partial charge is 0.293 e. The van der Waals surface area contributed by atoms with Crippen LogP contribution in [0.2, 0.25) is 0 Å².